The number of hydrogen-bond acceptors (Lipinski definition) is 1. The average molecular weight is 204 g/mol. The van der Waals surface area contributed by atoms with Crippen molar-refractivity contribution in [3.8, 4) is 0 Å². The van der Waals surface area contributed by atoms with E-state index in [1.165, 1.54) is 19.3 Å². The van der Waals surface area contributed by atoms with Crippen LogP contribution in [-0.2, 0) is 4.79 Å². The molecule has 13 heavy (non-hydrogen) atoms. The van der Waals surface area contributed by atoms with Crippen LogP contribution >= 0.6 is 11.6 Å². The topological polar surface area (TPSA) is 29.1 Å². The molecule has 1 rings (SSSR count). The maximum absolute atomic E-state index is 11.3. The highest BCUT2D eigenvalue weighted by atomic mass is 35.5. The lowest BCUT2D eigenvalue weighted by molar-refractivity contribution is -0.121. The summed E-state index contributed by atoms with van der Waals surface area (Å²) < 4.78 is 0. The second-order valence-electron chi connectivity index (χ2n) is 3.99. The summed E-state index contributed by atoms with van der Waals surface area (Å²) in [7, 11) is 0. The van der Waals surface area contributed by atoms with Gasteiger partial charge in [-0.2, -0.15) is 0 Å². The number of carbonyl (C=O) groups excluding carboxylic acids is 1. The summed E-state index contributed by atoms with van der Waals surface area (Å²) >= 11 is 5.68. The zero-order valence-corrected chi connectivity index (χ0v) is 9.10. The van der Waals surface area contributed by atoms with Crippen LogP contribution < -0.4 is 5.32 Å². The SMILES string of the molecule is C[C@@H](Cl)C(=O)N[C@@H]1CCCC[C@@H]1C. The van der Waals surface area contributed by atoms with Gasteiger partial charge in [0.15, 0.2) is 0 Å². The minimum atomic E-state index is -0.408. The van der Waals surface area contributed by atoms with Gasteiger partial charge in [-0.25, -0.2) is 0 Å². The van der Waals surface area contributed by atoms with E-state index in [1.807, 2.05) is 0 Å². The van der Waals surface area contributed by atoms with Gasteiger partial charge < -0.3 is 5.32 Å². The third kappa shape index (κ3) is 3.18. The van der Waals surface area contributed by atoms with E-state index in [-0.39, 0.29) is 5.91 Å². The van der Waals surface area contributed by atoms with E-state index in [4.69, 9.17) is 11.6 Å². The van der Waals surface area contributed by atoms with E-state index in [0.717, 1.165) is 6.42 Å². The van der Waals surface area contributed by atoms with Crippen LogP contribution in [0.4, 0.5) is 0 Å². The standard InChI is InChI=1S/C10H18ClNO/c1-7-5-3-4-6-9(7)12-10(13)8(2)11/h7-9H,3-6H2,1-2H3,(H,12,13)/t7-,8+,9+/m0/s1. The van der Waals surface area contributed by atoms with Gasteiger partial charge in [-0.1, -0.05) is 19.8 Å². The van der Waals surface area contributed by atoms with Gasteiger partial charge in [0.2, 0.25) is 5.91 Å². The van der Waals surface area contributed by atoms with Crippen LogP contribution in [0.1, 0.15) is 39.5 Å². The van der Waals surface area contributed by atoms with Crippen molar-refractivity contribution >= 4 is 17.5 Å². The lowest BCUT2D eigenvalue weighted by Gasteiger charge is -2.29. The average Bonchev–Trinajstić information content (AvgIpc) is 2.08. The molecule has 0 aromatic carbocycles. The largest absolute Gasteiger partial charge is 0.352 e. The van der Waals surface area contributed by atoms with E-state index in [9.17, 15) is 4.79 Å². The van der Waals surface area contributed by atoms with Gasteiger partial charge >= 0.3 is 0 Å². The summed E-state index contributed by atoms with van der Waals surface area (Å²) in [5.74, 6) is 0.577. The monoisotopic (exact) mass is 203 g/mol. The predicted molar refractivity (Wildman–Crippen MR) is 54.9 cm³/mol. The van der Waals surface area contributed by atoms with Crippen molar-refractivity contribution in [3.63, 3.8) is 0 Å². The Hall–Kier alpha value is -0.240. The first-order valence-electron chi connectivity index (χ1n) is 5.05. The first-order chi connectivity index (χ1) is 6.11. The van der Waals surface area contributed by atoms with E-state index in [0.29, 0.717) is 12.0 Å². The zero-order valence-electron chi connectivity index (χ0n) is 8.35. The van der Waals surface area contributed by atoms with E-state index >= 15 is 0 Å². The number of carbonyl (C=O) groups is 1. The number of amides is 1. The molecule has 76 valence electrons. The molecular weight excluding hydrogens is 186 g/mol. The van der Waals surface area contributed by atoms with Crippen LogP contribution in [0.5, 0.6) is 0 Å². The summed E-state index contributed by atoms with van der Waals surface area (Å²) in [6, 6.07) is 0.349. The molecule has 1 aliphatic carbocycles. The van der Waals surface area contributed by atoms with Gasteiger partial charge in [0.1, 0.15) is 5.38 Å². The summed E-state index contributed by atoms with van der Waals surface area (Å²) in [5.41, 5.74) is 0. The Balaban J connectivity index is 2.38. The molecule has 0 spiro atoms. The lowest BCUT2D eigenvalue weighted by Crippen LogP contribution is -2.43. The van der Waals surface area contributed by atoms with Crippen LogP contribution in [0.15, 0.2) is 0 Å². The van der Waals surface area contributed by atoms with E-state index in [1.54, 1.807) is 6.92 Å². The predicted octanol–water partition coefficient (Wildman–Crippen LogP) is 2.31. The Kier molecular flexibility index (Phi) is 4.04. The second kappa shape index (κ2) is 4.85. The van der Waals surface area contributed by atoms with Gasteiger partial charge in [0, 0.05) is 6.04 Å². The molecule has 1 N–H and O–H groups in total. The van der Waals surface area contributed by atoms with Crippen LogP contribution in [0.2, 0.25) is 0 Å². The maximum atomic E-state index is 11.3. The molecule has 0 saturated heterocycles. The molecule has 0 radical (unpaired) electrons. The fourth-order valence-corrected chi connectivity index (χ4v) is 1.89. The van der Waals surface area contributed by atoms with Crippen LogP contribution in [0.3, 0.4) is 0 Å². The Morgan fingerprint density at radius 1 is 1.46 bits per heavy atom. The highest BCUT2D eigenvalue weighted by Gasteiger charge is 2.23. The summed E-state index contributed by atoms with van der Waals surface area (Å²) in [5, 5.41) is 2.59. The highest BCUT2D eigenvalue weighted by molar-refractivity contribution is 6.30. The Bertz CT molecular complexity index is 182. The summed E-state index contributed by atoms with van der Waals surface area (Å²) in [4.78, 5) is 11.3. The highest BCUT2D eigenvalue weighted by Crippen LogP contribution is 2.23. The molecule has 0 aromatic heterocycles. The second-order valence-corrected chi connectivity index (χ2v) is 4.65. The Labute approximate surface area is 85.0 Å². The Morgan fingerprint density at radius 2 is 2.08 bits per heavy atom. The van der Waals surface area contributed by atoms with Crippen molar-refractivity contribution < 1.29 is 4.79 Å². The molecule has 3 atom stereocenters. The quantitative estimate of drug-likeness (QED) is 0.686. The van der Waals surface area contributed by atoms with Crippen molar-refractivity contribution in [2.45, 2.75) is 50.9 Å². The Morgan fingerprint density at radius 3 is 2.62 bits per heavy atom. The first-order valence-corrected chi connectivity index (χ1v) is 5.49. The third-order valence-corrected chi connectivity index (χ3v) is 3.00. The lowest BCUT2D eigenvalue weighted by atomic mass is 9.86. The molecule has 1 amide bonds. The zero-order chi connectivity index (χ0) is 9.84. The molecule has 0 bridgehead atoms. The number of hydrogen-bond donors (Lipinski definition) is 1. The molecule has 0 unspecified atom stereocenters. The van der Waals surface area contributed by atoms with Crippen LogP contribution in [0, 0.1) is 5.92 Å². The normalized spacial score (nSPS) is 31.0. The molecule has 3 heteroatoms. The molecular formula is C10H18ClNO. The fraction of sp³-hybridized carbons (Fsp3) is 0.900. The molecule has 0 aliphatic heterocycles. The van der Waals surface area contributed by atoms with Crippen molar-refractivity contribution in [1.82, 2.24) is 5.32 Å². The van der Waals surface area contributed by atoms with Gasteiger partial charge in [-0.3, -0.25) is 4.79 Å². The van der Waals surface area contributed by atoms with Gasteiger partial charge in [0.05, 0.1) is 0 Å². The molecule has 2 nitrogen and oxygen atoms in total. The van der Waals surface area contributed by atoms with Gasteiger partial charge in [-0.15, -0.1) is 11.6 Å². The van der Waals surface area contributed by atoms with Crippen molar-refractivity contribution in [1.29, 1.82) is 0 Å². The molecule has 0 aromatic rings. The molecule has 1 fully saturated rings. The van der Waals surface area contributed by atoms with Crippen molar-refractivity contribution in [2.24, 2.45) is 5.92 Å². The summed E-state index contributed by atoms with van der Waals surface area (Å²) in [6.45, 7) is 3.91. The number of alkyl halides is 1. The van der Waals surface area contributed by atoms with Gasteiger partial charge in [-0.05, 0) is 25.7 Å². The summed E-state index contributed by atoms with van der Waals surface area (Å²) in [6.07, 6.45) is 4.86. The van der Waals surface area contributed by atoms with E-state index < -0.39 is 5.38 Å². The maximum Gasteiger partial charge on any atom is 0.237 e. The molecule has 1 saturated carbocycles. The molecule has 0 heterocycles. The van der Waals surface area contributed by atoms with Crippen LogP contribution in [0.25, 0.3) is 0 Å². The van der Waals surface area contributed by atoms with Crippen molar-refractivity contribution in [3.05, 3.63) is 0 Å². The number of nitrogens with one attached hydrogen (secondary N) is 1. The number of rotatable bonds is 2. The minimum absolute atomic E-state index is 0.0274. The fourth-order valence-electron chi connectivity index (χ4n) is 1.83. The molecule has 1 aliphatic rings. The van der Waals surface area contributed by atoms with Crippen LogP contribution in [-0.4, -0.2) is 17.3 Å². The number of halogens is 1. The smallest absolute Gasteiger partial charge is 0.237 e. The van der Waals surface area contributed by atoms with Crippen molar-refractivity contribution in [2.75, 3.05) is 0 Å². The van der Waals surface area contributed by atoms with Gasteiger partial charge in [0.25, 0.3) is 0 Å². The third-order valence-electron chi connectivity index (χ3n) is 2.80. The minimum Gasteiger partial charge on any atom is -0.352 e. The van der Waals surface area contributed by atoms with E-state index in [2.05, 4.69) is 12.2 Å². The first kappa shape index (κ1) is 10.8.